The number of para-hydroxylation sites is 2. The van der Waals surface area contributed by atoms with Crippen molar-refractivity contribution in [2.24, 2.45) is 5.73 Å². The summed E-state index contributed by atoms with van der Waals surface area (Å²) >= 11 is 5.98. The fourth-order valence-electron chi connectivity index (χ4n) is 2.73. The highest BCUT2D eigenvalue weighted by Crippen LogP contribution is 2.26. The third kappa shape index (κ3) is 2.58. The normalized spacial score (nSPS) is 11.2. The zero-order valence-corrected chi connectivity index (χ0v) is 13.7. The third-order valence-corrected chi connectivity index (χ3v) is 4.12. The van der Waals surface area contributed by atoms with Gasteiger partial charge in [-0.25, -0.2) is 9.97 Å². The van der Waals surface area contributed by atoms with Crippen LogP contribution in [0.15, 0.2) is 54.7 Å². The van der Waals surface area contributed by atoms with Crippen molar-refractivity contribution in [1.82, 2.24) is 14.4 Å². The zero-order valence-electron chi connectivity index (χ0n) is 12.9. The Morgan fingerprint density at radius 3 is 2.62 bits per heavy atom. The summed E-state index contributed by atoms with van der Waals surface area (Å²) in [4.78, 5) is 9.46. The molecule has 0 aliphatic rings. The van der Waals surface area contributed by atoms with E-state index in [4.69, 9.17) is 27.3 Å². The first-order valence-electron chi connectivity index (χ1n) is 7.74. The molecule has 24 heavy (non-hydrogen) atoms. The van der Waals surface area contributed by atoms with Crippen molar-refractivity contribution in [1.29, 1.82) is 0 Å². The van der Waals surface area contributed by atoms with Gasteiger partial charge in [-0.3, -0.25) is 4.40 Å². The Hall–Kier alpha value is -2.63. The summed E-state index contributed by atoms with van der Waals surface area (Å²) in [7, 11) is 0. The van der Waals surface area contributed by atoms with E-state index in [1.807, 2.05) is 54.7 Å². The largest absolute Gasteiger partial charge is 0.366 e. The number of rotatable bonds is 4. The lowest BCUT2D eigenvalue weighted by molar-refractivity contribution is 1.01. The lowest BCUT2D eigenvalue weighted by Crippen LogP contribution is -2.14. The maximum Gasteiger partial charge on any atom is 0.181 e. The maximum absolute atomic E-state index is 5.98. The van der Waals surface area contributed by atoms with Crippen molar-refractivity contribution in [3.63, 3.8) is 0 Å². The molecule has 4 aromatic rings. The molecule has 2 aromatic heterocycles. The van der Waals surface area contributed by atoms with Crippen molar-refractivity contribution in [3.8, 4) is 11.3 Å². The van der Waals surface area contributed by atoms with E-state index in [2.05, 4.69) is 9.72 Å². The predicted molar refractivity (Wildman–Crippen MR) is 98.5 cm³/mol. The standard InChI is InChI=1S/C18H16ClN5/c19-13-7-5-12(6-8-13)15-11-24-16-4-2-1-3-14(16)22-17(18(24)23-15)21-10-9-20/h1-8,11H,9-10,20H2,(H,21,22). The number of halogens is 1. The molecule has 0 fully saturated rings. The van der Waals surface area contributed by atoms with Crippen molar-refractivity contribution in [3.05, 3.63) is 59.8 Å². The van der Waals surface area contributed by atoms with Crippen LogP contribution in [0.2, 0.25) is 5.02 Å². The summed E-state index contributed by atoms with van der Waals surface area (Å²) in [6.45, 7) is 1.18. The topological polar surface area (TPSA) is 68.2 Å². The molecular formula is C18H16ClN5. The molecule has 0 amide bonds. The van der Waals surface area contributed by atoms with Crippen LogP contribution in [0, 0.1) is 0 Å². The smallest absolute Gasteiger partial charge is 0.181 e. The number of benzene rings is 2. The molecule has 0 saturated carbocycles. The molecular weight excluding hydrogens is 322 g/mol. The molecule has 0 unspecified atom stereocenters. The van der Waals surface area contributed by atoms with Gasteiger partial charge in [0.25, 0.3) is 0 Å². The fraction of sp³-hybridized carbons (Fsp3) is 0.111. The number of nitrogens with two attached hydrogens (primary N) is 1. The maximum atomic E-state index is 5.98. The molecule has 6 heteroatoms. The highest BCUT2D eigenvalue weighted by atomic mass is 35.5. The molecule has 5 nitrogen and oxygen atoms in total. The van der Waals surface area contributed by atoms with Crippen LogP contribution in [-0.2, 0) is 0 Å². The summed E-state index contributed by atoms with van der Waals surface area (Å²) < 4.78 is 2.06. The molecule has 0 radical (unpaired) electrons. The van der Waals surface area contributed by atoms with Crippen LogP contribution in [-0.4, -0.2) is 27.5 Å². The van der Waals surface area contributed by atoms with E-state index < -0.39 is 0 Å². The van der Waals surface area contributed by atoms with Crippen LogP contribution in [0.3, 0.4) is 0 Å². The Morgan fingerprint density at radius 2 is 1.83 bits per heavy atom. The second-order valence-corrected chi connectivity index (χ2v) is 5.93. The second kappa shape index (κ2) is 6.11. The Morgan fingerprint density at radius 1 is 1.04 bits per heavy atom. The molecule has 2 aromatic carbocycles. The van der Waals surface area contributed by atoms with Crippen LogP contribution >= 0.6 is 11.6 Å². The minimum absolute atomic E-state index is 0.533. The number of imidazole rings is 1. The molecule has 0 bridgehead atoms. The van der Waals surface area contributed by atoms with Crippen LogP contribution in [0.25, 0.3) is 27.9 Å². The first-order valence-corrected chi connectivity index (χ1v) is 8.12. The number of hydrogen-bond donors (Lipinski definition) is 2. The number of nitrogens with zero attached hydrogens (tertiary/aromatic N) is 3. The molecule has 3 N–H and O–H groups in total. The highest BCUT2D eigenvalue weighted by molar-refractivity contribution is 6.30. The molecule has 0 aliphatic carbocycles. The van der Waals surface area contributed by atoms with Gasteiger partial charge in [0.05, 0.1) is 16.7 Å². The monoisotopic (exact) mass is 337 g/mol. The van der Waals surface area contributed by atoms with Crippen LogP contribution in [0.4, 0.5) is 5.82 Å². The van der Waals surface area contributed by atoms with Gasteiger partial charge in [-0.15, -0.1) is 0 Å². The van der Waals surface area contributed by atoms with Gasteiger partial charge in [-0.05, 0) is 24.3 Å². The first kappa shape index (κ1) is 14.9. The summed E-state index contributed by atoms with van der Waals surface area (Å²) in [5.74, 6) is 0.736. The SMILES string of the molecule is NCCNc1nc2ccccc2n2cc(-c3ccc(Cl)cc3)nc12. The lowest BCUT2D eigenvalue weighted by atomic mass is 10.2. The summed E-state index contributed by atoms with van der Waals surface area (Å²) in [6, 6.07) is 15.7. The quantitative estimate of drug-likeness (QED) is 0.597. The van der Waals surface area contributed by atoms with Crippen LogP contribution < -0.4 is 11.1 Å². The molecule has 120 valence electrons. The van der Waals surface area contributed by atoms with E-state index in [1.54, 1.807) is 0 Å². The number of aromatic nitrogens is 3. The molecule has 0 spiro atoms. The fourth-order valence-corrected chi connectivity index (χ4v) is 2.86. The van der Waals surface area contributed by atoms with E-state index in [1.165, 1.54) is 0 Å². The van der Waals surface area contributed by atoms with Crippen molar-refractivity contribution in [2.45, 2.75) is 0 Å². The molecule has 0 aliphatic heterocycles. The van der Waals surface area contributed by atoms with Gasteiger partial charge in [-0.2, -0.15) is 0 Å². The van der Waals surface area contributed by atoms with Crippen molar-refractivity contribution in [2.75, 3.05) is 18.4 Å². The van der Waals surface area contributed by atoms with Gasteiger partial charge in [0.1, 0.15) is 0 Å². The van der Waals surface area contributed by atoms with E-state index >= 15 is 0 Å². The predicted octanol–water partition coefficient (Wildman–Crippen LogP) is 3.57. The molecule has 2 heterocycles. The van der Waals surface area contributed by atoms with Crippen molar-refractivity contribution >= 4 is 34.1 Å². The van der Waals surface area contributed by atoms with Crippen molar-refractivity contribution < 1.29 is 0 Å². The Kier molecular flexibility index (Phi) is 3.80. The van der Waals surface area contributed by atoms with Crippen LogP contribution in [0.1, 0.15) is 0 Å². The summed E-state index contributed by atoms with van der Waals surface area (Å²) in [5.41, 5.74) is 10.2. The average molecular weight is 338 g/mol. The molecule has 4 rings (SSSR count). The zero-order chi connectivity index (χ0) is 16.5. The highest BCUT2D eigenvalue weighted by Gasteiger charge is 2.12. The van der Waals surface area contributed by atoms with E-state index in [9.17, 15) is 0 Å². The van der Waals surface area contributed by atoms with E-state index in [0.29, 0.717) is 18.1 Å². The van der Waals surface area contributed by atoms with Gasteiger partial charge >= 0.3 is 0 Å². The molecule has 0 saturated heterocycles. The van der Waals surface area contributed by atoms with E-state index in [0.717, 1.165) is 33.8 Å². The Balaban J connectivity index is 1.95. The van der Waals surface area contributed by atoms with Crippen LogP contribution in [0.5, 0.6) is 0 Å². The number of fused-ring (bicyclic) bond motifs is 3. The first-order chi connectivity index (χ1) is 11.8. The summed E-state index contributed by atoms with van der Waals surface area (Å²) in [5, 5.41) is 3.97. The average Bonchev–Trinajstić information content (AvgIpc) is 3.06. The van der Waals surface area contributed by atoms with Gasteiger partial charge in [0, 0.05) is 29.9 Å². The lowest BCUT2D eigenvalue weighted by Gasteiger charge is -2.08. The third-order valence-electron chi connectivity index (χ3n) is 3.87. The Bertz CT molecular complexity index is 1010. The van der Waals surface area contributed by atoms with Gasteiger partial charge in [0.2, 0.25) is 0 Å². The van der Waals surface area contributed by atoms with E-state index in [-0.39, 0.29) is 0 Å². The van der Waals surface area contributed by atoms with Gasteiger partial charge in [-0.1, -0.05) is 35.9 Å². The van der Waals surface area contributed by atoms with Gasteiger partial charge < -0.3 is 11.1 Å². The number of nitrogens with one attached hydrogen (secondary N) is 1. The van der Waals surface area contributed by atoms with Gasteiger partial charge in [0.15, 0.2) is 11.5 Å². The number of anilines is 1. The summed E-state index contributed by atoms with van der Waals surface area (Å²) in [6.07, 6.45) is 2.02. The minimum atomic E-state index is 0.533. The molecule has 0 atom stereocenters. The minimum Gasteiger partial charge on any atom is -0.366 e. The second-order valence-electron chi connectivity index (χ2n) is 5.49. The number of hydrogen-bond acceptors (Lipinski definition) is 4. The Labute approximate surface area is 144 Å².